The summed E-state index contributed by atoms with van der Waals surface area (Å²) in [6, 6.07) is 0.00128. The molecule has 1 unspecified atom stereocenters. The van der Waals surface area contributed by atoms with E-state index in [2.05, 4.69) is 4.72 Å². The first-order valence-electron chi connectivity index (χ1n) is 5.41. The van der Waals surface area contributed by atoms with Crippen molar-refractivity contribution in [3.05, 3.63) is 29.6 Å². The Bertz CT molecular complexity index is 563. The van der Waals surface area contributed by atoms with Gasteiger partial charge in [0.1, 0.15) is 17.5 Å². The van der Waals surface area contributed by atoms with Crippen molar-refractivity contribution in [3.63, 3.8) is 0 Å². The van der Waals surface area contributed by atoms with Gasteiger partial charge in [-0.1, -0.05) is 0 Å². The van der Waals surface area contributed by atoms with E-state index in [0.29, 0.717) is 12.1 Å². The lowest BCUT2D eigenvalue weighted by molar-refractivity contribution is 0.384. The molecule has 1 aromatic rings. The zero-order valence-corrected chi connectivity index (χ0v) is 11.5. The fraction of sp³-hybridized carbons (Fsp3) is 0.455. The quantitative estimate of drug-likeness (QED) is 0.884. The Labute approximate surface area is 109 Å². The summed E-state index contributed by atoms with van der Waals surface area (Å²) >= 11 is 0. The van der Waals surface area contributed by atoms with E-state index >= 15 is 0 Å². The highest BCUT2D eigenvalue weighted by Gasteiger charge is 2.33. The topological polar surface area (TPSA) is 72.2 Å². The van der Waals surface area contributed by atoms with E-state index in [0.717, 1.165) is 0 Å². The maximum Gasteiger partial charge on any atom is 0.246 e. The van der Waals surface area contributed by atoms with Gasteiger partial charge in [0.15, 0.2) is 4.90 Å². The van der Waals surface area contributed by atoms with Crippen molar-refractivity contribution in [2.24, 2.45) is 5.73 Å². The second kappa shape index (κ2) is 5.10. The molecule has 3 N–H and O–H groups in total. The van der Waals surface area contributed by atoms with Gasteiger partial charge in [-0.2, -0.15) is 0 Å². The van der Waals surface area contributed by atoms with Crippen LogP contribution < -0.4 is 10.5 Å². The Hall–Kier alpha value is -1.12. The molecule has 0 bridgehead atoms. The second-order valence-corrected chi connectivity index (χ2v) is 6.43. The van der Waals surface area contributed by atoms with E-state index in [-0.39, 0.29) is 0 Å². The molecule has 0 spiro atoms. The average Bonchev–Trinajstić information content (AvgIpc) is 2.12. The maximum absolute atomic E-state index is 13.5. The Kier molecular flexibility index (Phi) is 4.28. The summed E-state index contributed by atoms with van der Waals surface area (Å²) in [4.78, 5) is -1.22. The molecule has 8 heteroatoms. The van der Waals surface area contributed by atoms with Gasteiger partial charge in [0.05, 0.1) is 0 Å². The summed E-state index contributed by atoms with van der Waals surface area (Å²) < 4.78 is 65.6. The van der Waals surface area contributed by atoms with E-state index < -0.39 is 44.0 Å². The molecule has 1 aromatic carbocycles. The van der Waals surface area contributed by atoms with Crippen LogP contribution in [0.2, 0.25) is 0 Å². The molecule has 0 fully saturated rings. The smallest absolute Gasteiger partial charge is 0.246 e. The summed E-state index contributed by atoms with van der Waals surface area (Å²) in [6.45, 7) is 4.48. The van der Waals surface area contributed by atoms with Gasteiger partial charge in [0.2, 0.25) is 10.0 Å². The van der Waals surface area contributed by atoms with E-state index in [4.69, 9.17) is 5.73 Å². The van der Waals surface area contributed by atoms with Gasteiger partial charge in [-0.15, -0.1) is 0 Å². The highest BCUT2D eigenvalue weighted by atomic mass is 32.2. The molecule has 1 rings (SSSR count). The lowest BCUT2D eigenvalue weighted by Gasteiger charge is -2.29. The number of nitrogens with two attached hydrogens (primary N) is 1. The number of hydrogen-bond acceptors (Lipinski definition) is 3. The minimum absolute atomic E-state index is 0.302. The lowest BCUT2D eigenvalue weighted by atomic mass is 9.99. The van der Waals surface area contributed by atoms with Gasteiger partial charge in [0.25, 0.3) is 0 Å². The molecule has 108 valence electrons. The molecule has 4 nitrogen and oxygen atoms in total. The average molecular weight is 296 g/mol. The summed E-state index contributed by atoms with van der Waals surface area (Å²) in [6.07, 6.45) is 0. The summed E-state index contributed by atoms with van der Waals surface area (Å²) in [7, 11) is -4.49. The van der Waals surface area contributed by atoms with Crippen LogP contribution in [0.3, 0.4) is 0 Å². The van der Waals surface area contributed by atoms with Crippen LogP contribution in [0.1, 0.15) is 20.8 Å². The fourth-order valence-corrected chi connectivity index (χ4v) is 2.89. The number of benzene rings is 1. The van der Waals surface area contributed by atoms with Crippen LogP contribution in [0.25, 0.3) is 0 Å². The summed E-state index contributed by atoms with van der Waals surface area (Å²) in [5, 5.41) is 0. The van der Waals surface area contributed by atoms with Crippen molar-refractivity contribution in [2.45, 2.75) is 37.2 Å². The number of halogens is 3. The number of sulfonamides is 1. The zero-order chi connectivity index (χ0) is 15.0. The number of nitrogens with one attached hydrogen (secondary N) is 1. The molecule has 0 amide bonds. The van der Waals surface area contributed by atoms with Gasteiger partial charge in [-0.25, -0.2) is 26.3 Å². The lowest BCUT2D eigenvalue weighted by Crippen LogP contribution is -2.54. The van der Waals surface area contributed by atoms with Crippen LogP contribution in [0.5, 0.6) is 0 Å². The molecule has 0 aromatic heterocycles. The van der Waals surface area contributed by atoms with Crippen LogP contribution >= 0.6 is 0 Å². The highest BCUT2D eigenvalue weighted by molar-refractivity contribution is 7.89. The molecule has 0 heterocycles. The molecule has 0 aliphatic carbocycles. The Morgan fingerprint density at radius 2 is 1.63 bits per heavy atom. The molecule has 0 saturated carbocycles. The van der Waals surface area contributed by atoms with Gasteiger partial charge in [-0.05, 0) is 20.8 Å². The zero-order valence-electron chi connectivity index (χ0n) is 10.7. The largest absolute Gasteiger partial charge is 0.326 e. The number of hydrogen-bond donors (Lipinski definition) is 2. The fourth-order valence-electron chi connectivity index (χ4n) is 1.28. The second-order valence-electron chi connectivity index (χ2n) is 4.81. The van der Waals surface area contributed by atoms with Crippen LogP contribution in [0.4, 0.5) is 13.2 Å². The molecule has 0 aliphatic rings. The van der Waals surface area contributed by atoms with Gasteiger partial charge in [-0.3, -0.25) is 0 Å². The molecular formula is C11H15F3N2O2S. The monoisotopic (exact) mass is 296 g/mol. The van der Waals surface area contributed by atoms with Crippen molar-refractivity contribution in [3.8, 4) is 0 Å². The van der Waals surface area contributed by atoms with Crippen LogP contribution in [0, 0.1) is 17.5 Å². The first-order chi connectivity index (χ1) is 8.47. The maximum atomic E-state index is 13.5. The summed E-state index contributed by atoms with van der Waals surface area (Å²) in [5.41, 5.74) is 4.46. The van der Waals surface area contributed by atoms with Gasteiger partial charge in [0, 0.05) is 23.7 Å². The normalized spacial score (nSPS) is 14.5. The third-order valence-electron chi connectivity index (χ3n) is 2.77. The summed E-state index contributed by atoms with van der Waals surface area (Å²) in [5.74, 6) is -4.18. The third kappa shape index (κ3) is 3.46. The molecule has 19 heavy (non-hydrogen) atoms. The minimum atomic E-state index is -4.49. The van der Waals surface area contributed by atoms with Crippen LogP contribution in [-0.2, 0) is 10.0 Å². The first kappa shape index (κ1) is 15.9. The van der Waals surface area contributed by atoms with Crippen molar-refractivity contribution < 1.29 is 21.6 Å². The SMILES string of the molecule is CC(N)C(C)(C)NS(=O)(=O)c1c(F)cc(F)cc1F. The third-order valence-corrected chi connectivity index (χ3v) is 4.49. The minimum Gasteiger partial charge on any atom is -0.326 e. The highest BCUT2D eigenvalue weighted by Crippen LogP contribution is 2.22. The van der Waals surface area contributed by atoms with Gasteiger partial charge < -0.3 is 5.73 Å². The molecular weight excluding hydrogens is 281 g/mol. The van der Waals surface area contributed by atoms with E-state index in [1.165, 1.54) is 13.8 Å². The molecule has 0 saturated heterocycles. The Morgan fingerprint density at radius 3 is 2.00 bits per heavy atom. The van der Waals surface area contributed by atoms with Gasteiger partial charge >= 0.3 is 0 Å². The molecule has 0 aliphatic heterocycles. The van der Waals surface area contributed by atoms with E-state index in [1.807, 2.05) is 0 Å². The van der Waals surface area contributed by atoms with Crippen molar-refractivity contribution in [1.29, 1.82) is 0 Å². The van der Waals surface area contributed by atoms with Crippen LogP contribution in [-0.4, -0.2) is 20.0 Å². The Morgan fingerprint density at radius 1 is 1.21 bits per heavy atom. The predicted octanol–water partition coefficient (Wildman–Crippen LogP) is 1.51. The van der Waals surface area contributed by atoms with Crippen molar-refractivity contribution in [1.82, 2.24) is 4.72 Å². The van der Waals surface area contributed by atoms with E-state index in [1.54, 1.807) is 6.92 Å². The van der Waals surface area contributed by atoms with Crippen LogP contribution in [0.15, 0.2) is 17.0 Å². The Balaban J connectivity index is 3.30. The van der Waals surface area contributed by atoms with Crippen molar-refractivity contribution in [2.75, 3.05) is 0 Å². The predicted molar refractivity (Wildman–Crippen MR) is 64.4 cm³/mol. The van der Waals surface area contributed by atoms with Crippen molar-refractivity contribution >= 4 is 10.0 Å². The van der Waals surface area contributed by atoms with E-state index in [9.17, 15) is 21.6 Å². The first-order valence-corrected chi connectivity index (χ1v) is 6.90. The molecule has 0 radical (unpaired) electrons. The molecule has 1 atom stereocenters. The standard InChI is InChI=1S/C11H15F3N2O2S/c1-6(15)11(2,3)16-19(17,18)10-8(13)4-7(12)5-9(10)14/h4-6,16H,15H2,1-3H3. The number of rotatable bonds is 4.